The molecular formula is C18H25FN2. The fourth-order valence-electron chi connectivity index (χ4n) is 2.32. The Labute approximate surface area is 127 Å². The van der Waals surface area contributed by atoms with Crippen molar-refractivity contribution in [3.05, 3.63) is 53.1 Å². The minimum absolute atomic E-state index is 0.00379. The Balaban J connectivity index is 2.44. The molecule has 0 fully saturated rings. The fraction of sp³-hybridized carbons (Fsp3) is 0.500. The van der Waals surface area contributed by atoms with Gasteiger partial charge < -0.3 is 0 Å². The van der Waals surface area contributed by atoms with E-state index in [0.29, 0.717) is 6.54 Å². The van der Waals surface area contributed by atoms with Crippen LogP contribution in [-0.2, 0) is 17.4 Å². The molecule has 0 aliphatic carbocycles. The van der Waals surface area contributed by atoms with Crippen molar-refractivity contribution < 1.29 is 4.39 Å². The topological polar surface area (TPSA) is 17.8 Å². The maximum Gasteiger partial charge on any atom is 0.123 e. The monoisotopic (exact) mass is 288 g/mol. The van der Waals surface area contributed by atoms with Crippen molar-refractivity contribution in [2.45, 2.75) is 58.9 Å². The second-order valence-corrected chi connectivity index (χ2v) is 7.70. The van der Waals surface area contributed by atoms with E-state index < -0.39 is 0 Å². The Morgan fingerprint density at radius 1 is 1.00 bits per heavy atom. The molecule has 0 amide bonds. The molecule has 3 heteroatoms. The van der Waals surface area contributed by atoms with Crippen LogP contribution in [0.4, 0.5) is 4.39 Å². The Morgan fingerprint density at radius 3 is 2.19 bits per heavy atom. The average Bonchev–Trinajstić information content (AvgIpc) is 2.72. The molecule has 0 radical (unpaired) electrons. The summed E-state index contributed by atoms with van der Waals surface area (Å²) in [5.74, 6) is -0.201. The third kappa shape index (κ3) is 3.72. The van der Waals surface area contributed by atoms with E-state index in [1.807, 2.05) is 10.7 Å². The van der Waals surface area contributed by atoms with Crippen molar-refractivity contribution in [1.29, 1.82) is 0 Å². The van der Waals surface area contributed by atoms with E-state index in [1.165, 1.54) is 11.8 Å². The van der Waals surface area contributed by atoms with Crippen LogP contribution in [0.25, 0.3) is 0 Å². The van der Waals surface area contributed by atoms with Crippen molar-refractivity contribution >= 4 is 0 Å². The van der Waals surface area contributed by atoms with Gasteiger partial charge in [-0.05, 0) is 23.8 Å². The maximum absolute atomic E-state index is 13.4. The van der Waals surface area contributed by atoms with Gasteiger partial charge in [-0.1, -0.05) is 53.7 Å². The summed E-state index contributed by atoms with van der Waals surface area (Å²) in [6.45, 7) is 13.6. The van der Waals surface area contributed by atoms with Gasteiger partial charge in [0, 0.05) is 16.5 Å². The summed E-state index contributed by atoms with van der Waals surface area (Å²) in [5, 5.41) is 4.77. The number of nitrogens with zero attached hydrogens (tertiary/aromatic N) is 2. The Bertz CT molecular complexity index is 627. The maximum atomic E-state index is 13.4. The Hall–Kier alpha value is -1.64. The predicted molar refractivity (Wildman–Crippen MR) is 85.1 cm³/mol. The van der Waals surface area contributed by atoms with Crippen LogP contribution < -0.4 is 0 Å². The molecule has 114 valence electrons. The van der Waals surface area contributed by atoms with Crippen LogP contribution in [0.1, 0.15) is 58.5 Å². The lowest BCUT2D eigenvalue weighted by molar-refractivity contribution is 0.495. The minimum atomic E-state index is -0.201. The molecule has 0 spiro atoms. The number of benzene rings is 1. The van der Waals surface area contributed by atoms with Crippen molar-refractivity contribution in [2.24, 2.45) is 0 Å². The van der Waals surface area contributed by atoms with E-state index in [2.05, 4.69) is 47.6 Å². The van der Waals surface area contributed by atoms with Crippen LogP contribution in [-0.4, -0.2) is 9.78 Å². The van der Waals surface area contributed by atoms with Gasteiger partial charge >= 0.3 is 0 Å². The summed E-state index contributed by atoms with van der Waals surface area (Å²) < 4.78 is 15.4. The summed E-state index contributed by atoms with van der Waals surface area (Å²) in [6, 6.07) is 8.91. The number of halogens is 1. The summed E-state index contributed by atoms with van der Waals surface area (Å²) in [4.78, 5) is 0. The van der Waals surface area contributed by atoms with Gasteiger partial charge in [0.25, 0.3) is 0 Å². The van der Waals surface area contributed by atoms with E-state index in [-0.39, 0.29) is 16.6 Å². The first kappa shape index (κ1) is 15.7. The first-order valence-electron chi connectivity index (χ1n) is 7.40. The number of hydrogen-bond donors (Lipinski definition) is 0. The highest BCUT2D eigenvalue weighted by Gasteiger charge is 2.25. The highest BCUT2D eigenvalue weighted by molar-refractivity contribution is 5.25. The highest BCUT2D eigenvalue weighted by Crippen LogP contribution is 2.29. The summed E-state index contributed by atoms with van der Waals surface area (Å²) in [5.41, 5.74) is 3.20. The Morgan fingerprint density at radius 2 is 1.67 bits per heavy atom. The van der Waals surface area contributed by atoms with E-state index >= 15 is 0 Å². The lowest BCUT2D eigenvalue weighted by Crippen LogP contribution is -2.19. The van der Waals surface area contributed by atoms with Crippen molar-refractivity contribution in [3.8, 4) is 0 Å². The van der Waals surface area contributed by atoms with Gasteiger partial charge in [0.1, 0.15) is 5.82 Å². The van der Waals surface area contributed by atoms with Crippen molar-refractivity contribution in [3.63, 3.8) is 0 Å². The van der Waals surface area contributed by atoms with E-state index in [9.17, 15) is 4.39 Å². The molecule has 0 saturated carbocycles. The van der Waals surface area contributed by atoms with Crippen LogP contribution in [0.15, 0.2) is 30.3 Å². The summed E-state index contributed by atoms with van der Waals surface area (Å²) in [7, 11) is 0. The molecule has 0 N–H and O–H groups in total. The van der Waals surface area contributed by atoms with Gasteiger partial charge in [0.05, 0.1) is 12.2 Å². The third-order valence-electron chi connectivity index (χ3n) is 3.54. The lowest BCUT2D eigenvalue weighted by atomic mass is 9.88. The third-order valence-corrected chi connectivity index (χ3v) is 3.54. The van der Waals surface area contributed by atoms with Crippen molar-refractivity contribution in [1.82, 2.24) is 9.78 Å². The zero-order chi connectivity index (χ0) is 15.8. The zero-order valence-corrected chi connectivity index (χ0v) is 13.9. The highest BCUT2D eigenvalue weighted by atomic mass is 19.1. The molecule has 0 atom stereocenters. The summed E-state index contributed by atoms with van der Waals surface area (Å²) >= 11 is 0. The molecule has 0 saturated heterocycles. The van der Waals surface area contributed by atoms with Crippen LogP contribution in [0.5, 0.6) is 0 Å². The number of rotatable bonds is 2. The molecular weight excluding hydrogens is 263 g/mol. The molecule has 21 heavy (non-hydrogen) atoms. The SMILES string of the molecule is CC(C)(C)c1cc(C(C)(C)C)n(Cc2cccc(F)c2)n1. The van der Waals surface area contributed by atoms with E-state index in [1.54, 1.807) is 12.1 Å². The minimum Gasteiger partial charge on any atom is -0.264 e. The molecule has 0 bridgehead atoms. The molecule has 1 aromatic carbocycles. The first-order valence-corrected chi connectivity index (χ1v) is 7.40. The van der Waals surface area contributed by atoms with Crippen LogP contribution >= 0.6 is 0 Å². The number of hydrogen-bond acceptors (Lipinski definition) is 1. The van der Waals surface area contributed by atoms with E-state index in [0.717, 1.165) is 11.3 Å². The smallest absolute Gasteiger partial charge is 0.123 e. The molecule has 0 unspecified atom stereocenters. The lowest BCUT2D eigenvalue weighted by Gasteiger charge is -2.20. The normalized spacial score (nSPS) is 12.7. The van der Waals surface area contributed by atoms with Gasteiger partial charge in [0.15, 0.2) is 0 Å². The largest absolute Gasteiger partial charge is 0.264 e. The van der Waals surface area contributed by atoms with Crippen molar-refractivity contribution in [2.75, 3.05) is 0 Å². The van der Waals surface area contributed by atoms with Gasteiger partial charge in [-0.3, -0.25) is 4.68 Å². The van der Waals surface area contributed by atoms with Crippen LogP contribution in [0.2, 0.25) is 0 Å². The standard InChI is InChI=1S/C18H25FN2/c1-17(2,3)15-11-16(18(4,5)6)21(20-15)12-13-8-7-9-14(19)10-13/h7-11H,12H2,1-6H3. The van der Waals surface area contributed by atoms with Crippen LogP contribution in [0.3, 0.4) is 0 Å². The van der Waals surface area contributed by atoms with Gasteiger partial charge in [-0.2, -0.15) is 5.10 Å². The average molecular weight is 288 g/mol. The van der Waals surface area contributed by atoms with Gasteiger partial charge in [-0.25, -0.2) is 4.39 Å². The molecule has 1 aromatic heterocycles. The predicted octanol–water partition coefficient (Wildman–Crippen LogP) is 4.67. The van der Waals surface area contributed by atoms with Gasteiger partial charge in [-0.15, -0.1) is 0 Å². The molecule has 0 aliphatic rings. The zero-order valence-electron chi connectivity index (χ0n) is 13.9. The fourth-order valence-corrected chi connectivity index (χ4v) is 2.32. The number of aromatic nitrogens is 2. The second-order valence-electron chi connectivity index (χ2n) is 7.70. The molecule has 0 aliphatic heterocycles. The second kappa shape index (κ2) is 5.28. The summed E-state index contributed by atoms with van der Waals surface area (Å²) in [6.07, 6.45) is 0. The molecule has 2 nitrogen and oxygen atoms in total. The molecule has 2 rings (SSSR count). The van der Waals surface area contributed by atoms with Gasteiger partial charge in [0.2, 0.25) is 0 Å². The molecule has 1 heterocycles. The Kier molecular flexibility index (Phi) is 3.96. The van der Waals surface area contributed by atoms with E-state index in [4.69, 9.17) is 5.10 Å². The quantitative estimate of drug-likeness (QED) is 0.785. The van der Waals surface area contributed by atoms with Crippen LogP contribution in [0, 0.1) is 5.82 Å². The molecule has 2 aromatic rings. The first-order chi connectivity index (χ1) is 9.57.